The summed E-state index contributed by atoms with van der Waals surface area (Å²) >= 11 is 0. The summed E-state index contributed by atoms with van der Waals surface area (Å²) in [4.78, 5) is 11.1. The van der Waals surface area contributed by atoms with Crippen LogP contribution in [-0.2, 0) is 0 Å². The van der Waals surface area contributed by atoms with Crippen LogP contribution in [0.25, 0.3) is 0 Å². The van der Waals surface area contributed by atoms with E-state index in [1.165, 1.54) is 0 Å². The summed E-state index contributed by atoms with van der Waals surface area (Å²) in [6.45, 7) is 4.46. The Balaban J connectivity index is 3.59. The molecule has 0 aliphatic carbocycles. The van der Waals surface area contributed by atoms with E-state index in [-0.39, 0.29) is 17.9 Å². The lowest BCUT2D eigenvalue weighted by atomic mass is 10.2. The molecular weight excluding hydrogens is 168 g/mol. The molecule has 2 amide bonds. The van der Waals surface area contributed by atoms with Crippen LogP contribution in [0.4, 0.5) is 4.79 Å². The van der Waals surface area contributed by atoms with Crippen LogP contribution in [0.5, 0.6) is 0 Å². The van der Waals surface area contributed by atoms with Gasteiger partial charge in [0.05, 0.1) is 5.84 Å². The normalized spacial score (nSPS) is 11.8. The van der Waals surface area contributed by atoms with E-state index in [1.54, 1.807) is 0 Å². The number of nitrogens with one attached hydrogen (secondary N) is 3. The number of rotatable bonds is 5. The standard InChI is InChI=1S/C8H18N4O/c1-3-4-11-8(13)12-6(2)5-7(9)10/h6H,3-5H2,1-2H3,(H3,9,10)(H2,11,12,13). The summed E-state index contributed by atoms with van der Waals surface area (Å²) < 4.78 is 0. The van der Waals surface area contributed by atoms with Crippen molar-refractivity contribution in [1.82, 2.24) is 10.6 Å². The molecular formula is C8H18N4O. The van der Waals surface area contributed by atoms with Gasteiger partial charge in [-0.05, 0) is 13.3 Å². The molecule has 0 aromatic heterocycles. The van der Waals surface area contributed by atoms with Crippen molar-refractivity contribution in [1.29, 1.82) is 5.41 Å². The number of amides is 2. The third kappa shape index (κ3) is 7.11. The van der Waals surface area contributed by atoms with E-state index in [0.29, 0.717) is 13.0 Å². The van der Waals surface area contributed by atoms with Gasteiger partial charge in [-0.3, -0.25) is 5.41 Å². The number of hydrogen-bond acceptors (Lipinski definition) is 2. The zero-order valence-electron chi connectivity index (χ0n) is 8.18. The lowest BCUT2D eigenvalue weighted by Crippen LogP contribution is -2.42. The number of nitrogens with two attached hydrogens (primary N) is 1. The van der Waals surface area contributed by atoms with Gasteiger partial charge < -0.3 is 16.4 Å². The van der Waals surface area contributed by atoms with Crippen LogP contribution in [0.2, 0.25) is 0 Å². The molecule has 1 atom stereocenters. The number of urea groups is 1. The molecule has 76 valence electrons. The van der Waals surface area contributed by atoms with E-state index in [9.17, 15) is 4.79 Å². The molecule has 0 bridgehead atoms. The smallest absolute Gasteiger partial charge is 0.315 e. The van der Waals surface area contributed by atoms with Crippen LogP contribution in [0, 0.1) is 5.41 Å². The van der Waals surface area contributed by atoms with Crippen LogP contribution < -0.4 is 16.4 Å². The van der Waals surface area contributed by atoms with Gasteiger partial charge in [-0.1, -0.05) is 6.92 Å². The lowest BCUT2D eigenvalue weighted by Gasteiger charge is -2.13. The summed E-state index contributed by atoms with van der Waals surface area (Å²) in [5.74, 6) is 0.0864. The Morgan fingerprint density at radius 2 is 2.23 bits per heavy atom. The minimum absolute atomic E-state index is 0.0864. The van der Waals surface area contributed by atoms with Gasteiger partial charge in [0, 0.05) is 19.0 Å². The summed E-state index contributed by atoms with van der Waals surface area (Å²) in [6.07, 6.45) is 1.30. The molecule has 0 aromatic rings. The van der Waals surface area contributed by atoms with Crippen molar-refractivity contribution in [3.05, 3.63) is 0 Å². The van der Waals surface area contributed by atoms with Crippen molar-refractivity contribution in [2.45, 2.75) is 32.7 Å². The molecule has 0 fully saturated rings. The number of hydrogen-bond donors (Lipinski definition) is 4. The molecule has 5 N–H and O–H groups in total. The first kappa shape index (κ1) is 11.7. The molecule has 0 saturated carbocycles. The lowest BCUT2D eigenvalue weighted by molar-refractivity contribution is 0.238. The summed E-state index contributed by atoms with van der Waals surface area (Å²) in [6, 6.07) is -0.287. The Morgan fingerprint density at radius 1 is 1.62 bits per heavy atom. The first-order valence-corrected chi connectivity index (χ1v) is 4.43. The fourth-order valence-electron chi connectivity index (χ4n) is 0.894. The Bertz CT molecular complexity index is 181. The Morgan fingerprint density at radius 3 is 2.69 bits per heavy atom. The van der Waals surface area contributed by atoms with Gasteiger partial charge >= 0.3 is 6.03 Å². The average Bonchev–Trinajstić information content (AvgIpc) is 1.98. The molecule has 0 radical (unpaired) electrons. The van der Waals surface area contributed by atoms with Gasteiger partial charge in [-0.2, -0.15) is 0 Å². The second-order valence-electron chi connectivity index (χ2n) is 3.03. The van der Waals surface area contributed by atoms with E-state index in [1.807, 2.05) is 13.8 Å². The van der Waals surface area contributed by atoms with Crippen molar-refractivity contribution in [3.63, 3.8) is 0 Å². The van der Waals surface area contributed by atoms with E-state index >= 15 is 0 Å². The molecule has 1 unspecified atom stereocenters. The van der Waals surface area contributed by atoms with E-state index in [0.717, 1.165) is 6.42 Å². The highest BCUT2D eigenvalue weighted by molar-refractivity contribution is 5.79. The third-order valence-corrected chi connectivity index (χ3v) is 1.44. The first-order chi connectivity index (χ1) is 6.06. The molecule has 0 rings (SSSR count). The van der Waals surface area contributed by atoms with E-state index in [2.05, 4.69) is 10.6 Å². The van der Waals surface area contributed by atoms with Gasteiger partial charge in [-0.25, -0.2) is 4.79 Å². The highest BCUT2D eigenvalue weighted by atomic mass is 16.2. The van der Waals surface area contributed by atoms with Gasteiger partial charge in [0.2, 0.25) is 0 Å². The second-order valence-corrected chi connectivity index (χ2v) is 3.03. The maximum absolute atomic E-state index is 11.1. The predicted molar refractivity (Wildman–Crippen MR) is 52.8 cm³/mol. The molecule has 13 heavy (non-hydrogen) atoms. The Hall–Kier alpha value is -1.26. The van der Waals surface area contributed by atoms with Crippen LogP contribution in [0.1, 0.15) is 26.7 Å². The number of carbonyl (C=O) groups excluding carboxylic acids is 1. The van der Waals surface area contributed by atoms with E-state index < -0.39 is 0 Å². The van der Waals surface area contributed by atoms with Crippen LogP contribution in [-0.4, -0.2) is 24.5 Å². The highest BCUT2D eigenvalue weighted by Gasteiger charge is 2.06. The first-order valence-electron chi connectivity index (χ1n) is 4.43. The molecule has 5 heteroatoms. The van der Waals surface area contributed by atoms with Crippen molar-refractivity contribution in [2.75, 3.05) is 6.54 Å². The van der Waals surface area contributed by atoms with Gasteiger partial charge in [-0.15, -0.1) is 0 Å². The molecule has 0 aromatic carbocycles. The topological polar surface area (TPSA) is 91.0 Å². The fourth-order valence-corrected chi connectivity index (χ4v) is 0.894. The van der Waals surface area contributed by atoms with Crippen molar-refractivity contribution < 1.29 is 4.79 Å². The highest BCUT2D eigenvalue weighted by Crippen LogP contribution is 1.88. The quantitative estimate of drug-likeness (QED) is 0.370. The largest absolute Gasteiger partial charge is 0.388 e. The molecule has 0 spiro atoms. The maximum Gasteiger partial charge on any atom is 0.315 e. The SMILES string of the molecule is CCCNC(=O)NC(C)CC(=N)N. The summed E-state index contributed by atoms with van der Waals surface area (Å²) in [7, 11) is 0. The molecule has 0 heterocycles. The second kappa shape index (κ2) is 6.28. The van der Waals surface area contributed by atoms with Gasteiger partial charge in [0.15, 0.2) is 0 Å². The van der Waals surface area contributed by atoms with E-state index in [4.69, 9.17) is 11.1 Å². The summed E-state index contributed by atoms with van der Waals surface area (Å²) in [5, 5.41) is 12.4. The molecule has 5 nitrogen and oxygen atoms in total. The monoisotopic (exact) mass is 186 g/mol. The van der Waals surface area contributed by atoms with Crippen LogP contribution in [0.3, 0.4) is 0 Å². The zero-order valence-corrected chi connectivity index (χ0v) is 8.18. The predicted octanol–water partition coefficient (Wildman–Crippen LogP) is 0.410. The Kier molecular flexibility index (Phi) is 5.67. The van der Waals surface area contributed by atoms with Gasteiger partial charge in [0.1, 0.15) is 0 Å². The van der Waals surface area contributed by atoms with Crippen molar-refractivity contribution >= 4 is 11.9 Å². The van der Waals surface area contributed by atoms with Crippen molar-refractivity contribution in [3.8, 4) is 0 Å². The number of amidine groups is 1. The maximum atomic E-state index is 11.1. The minimum atomic E-state index is -0.199. The van der Waals surface area contributed by atoms with Crippen molar-refractivity contribution in [2.24, 2.45) is 5.73 Å². The van der Waals surface area contributed by atoms with Gasteiger partial charge in [0.25, 0.3) is 0 Å². The molecule has 0 saturated heterocycles. The minimum Gasteiger partial charge on any atom is -0.388 e. The average molecular weight is 186 g/mol. The molecule has 0 aliphatic rings. The third-order valence-electron chi connectivity index (χ3n) is 1.44. The number of carbonyl (C=O) groups is 1. The van der Waals surface area contributed by atoms with Crippen LogP contribution >= 0.6 is 0 Å². The van der Waals surface area contributed by atoms with Crippen LogP contribution in [0.15, 0.2) is 0 Å². The fraction of sp³-hybridized carbons (Fsp3) is 0.750. The Labute approximate surface area is 78.6 Å². The zero-order chi connectivity index (χ0) is 10.3. The molecule has 0 aliphatic heterocycles. The summed E-state index contributed by atoms with van der Waals surface area (Å²) in [5.41, 5.74) is 5.18.